The summed E-state index contributed by atoms with van der Waals surface area (Å²) < 4.78 is 10.8. The number of nitrogens with zero attached hydrogens (tertiary/aromatic N) is 1. The Morgan fingerprint density at radius 1 is 1.30 bits per heavy atom. The summed E-state index contributed by atoms with van der Waals surface area (Å²) >= 11 is 0. The molecular weight excluding hydrogens is 252 g/mol. The van der Waals surface area contributed by atoms with Crippen molar-refractivity contribution in [3.63, 3.8) is 0 Å². The second-order valence-corrected chi connectivity index (χ2v) is 6.10. The van der Waals surface area contributed by atoms with E-state index in [9.17, 15) is 0 Å². The van der Waals surface area contributed by atoms with Crippen molar-refractivity contribution in [1.29, 1.82) is 0 Å². The zero-order chi connectivity index (χ0) is 14.8. The fraction of sp³-hybridized carbons (Fsp3) is 0.625. The molecule has 0 radical (unpaired) electrons. The third-order valence-corrected chi connectivity index (χ3v) is 4.22. The van der Waals surface area contributed by atoms with Crippen molar-refractivity contribution in [3.05, 3.63) is 29.8 Å². The first kappa shape index (κ1) is 15.3. The van der Waals surface area contributed by atoms with Gasteiger partial charge in [0.05, 0.1) is 20.3 Å². The van der Waals surface area contributed by atoms with Crippen molar-refractivity contribution in [2.75, 3.05) is 26.9 Å². The van der Waals surface area contributed by atoms with Crippen LogP contribution in [0.4, 0.5) is 0 Å². The molecule has 0 bridgehead atoms. The highest BCUT2D eigenvalue weighted by Gasteiger charge is 2.36. The first-order valence-electron chi connectivity index (χ1n) is 7.20. The SMILES string of the molecule is COc1ccc(C(N)C(C)N2CCOCC2(C)C)cc1. The van der Waals surface area contributed by atoms with Crippen molar-refractivity contribution in [3.8, 4) is 5.75 Å². The largest absolute Gasteiger partial charge is 0.497 e. The molecule has 1 aliphatic heterocycles. The molecule has 1 aliphatic rings. The molecule has 1 aromatic carbocycles. The van der Waals surface area contributed by atoms with Gasteiger partial charge in [-0.25, -0.2) is 0 Å². The minimum Gasteiger partial charge on any atom is -0.497 e. The Bertz CT molecular complexity index is 431. The molecule has 1 fully saturated rings. The van der Waals surface area contributed by atoms with Gasteiger partial charge in [-0.3, -0.25) is 4.90 Å². The lowest BCUT2D eigenvalue weighted by atomic mass is 9.94. The van der Waals surface area contributed by atoms with Crippen LogP contribution in [0.15, 0.2) is 24.3 Å². The Labute approximate surface area is 121 Å². The minimum atomic E-state index is -0.0155. The fourth-order valence-electron chi connectivity index (χ4n) is 2.92. The van der Waals surface area contributed by atoms with Crippen LogP contribution in [0, 0.1) is 0 Å². The van der Waals surface area contributed by atoms with Gasteiger partial charge in [0.2, 0.25) is 0 Å². The molecule has 0 saturated carbocycles. The molecule has 0 aromatic heterocycles. The molecule has 20 heavy (non-hydrogen) atoms. The Balaban J connectivity index is 2.12. The van der Waals surface area contributed by atoms with E-state index in [1.165, 1.54) is 0 Å². The summed E-state index contributed by atoms with van der Waals surface area (Å²) in [6.45, 7) is 9.09. The van der Waals surface area contributed by atoms with Gasteiger partial charge >= 0.3 is 0 Å². The van der Waals surface area contributed by atoms with Crippen LogP contribution in [-0.2, 0) is 4.74 Å². The molecule has 2 unspecified atom stereocenters. The molecule has 2 rings (SSSR count). The smallest absolute Gasteiger partial charge is 0.118 e. The average Bonchev–Trinajstić information content (AvgIpc) is 2.45. The molecule has 4 heteroatoms. The second-order valence-electron chi connectivity index (χ2n) is 6.10. The molecule has 0 aliphatic carbocycles. The second kappa shape index (κ2) is 6.12. The van der Waals surface area contributed by atoms with Crippen LogP contribution in [-0.4, -0.2) is 43.3 Å². The van der Waals surface area contributed by atoms with Gasteiger partial charge in [-0.15, -0.1) is 0 Å². The lowest BCUT2D eigenvalue weighted by Crippen LogP contribution is -2.58. The zero-order valence-corrected chi connectivity index (χ0v) is 12.9. The molecule has 4 nitrogen and oxygen atoms in total. The molecule has 2 atom stereocenters. The lowest BCUT2D eigenvalue weighted by Gasteiger charge is -2.47. The van der Waals surface area contributed by atoms with Gasteiger partial charge in [0.25, 0.3) is 0 Å². The molecule has 0 amide bonds. The zero-order valence-electron chi connectivity index (χ0n) is 12.9. The van der Waals surface area contributed by atoms with Crippen LogP contribution in [0.25, 0.3) is 0 Å². The molecule has 2 N–H and O–H groups in total. The number of nitrogens with two attached hydrogens (primary N) is 1. The summed E-state index contributed by atoms with van der Waals surface area (Å²) in [5, 5.41) is 0. The van der Waals surface area contributed by atoms with Gasteiger partial charge in [-0.1, -0.05) is 12.1 Å². The van der Waals surface area contributed by atoms with E-state index in [0.717, 1.165) is 31.1 Å². The average molecular weight is 278 g/mol. The van der Waals surface area contributed by atoms with Crippen LogP contribution >= 0.6 is 0 Å². The molecule has 1 saturated heterocycles. The first-order valence-corrected chi connectivity index (χ1v) is 7.20. The van der Waals surface area contributed by atoms with Crippen LogP contribution in [0.1, 0.15) is 32.4 Å². The van der Waals surface area contributed by atoms with Crippen molar-refractivity contribution < 1.29 is 9.47 Å². The predicted octanol–water partition coefficient (Wildman–Crippen LogP) is 2.19. The standard InChI is InChI=1S/C16H26N2O2/c1-12(18-9-10-20-11-16(18,2)3)15(17)13-5-7-14(19-4)8-6-13/h5-8,12,15H,9-11,17H2,1-4H3. The maximum atomic E-state index is 6.46. The highest BCUT2D eigenvalue weighted by Crippen LogP contribution is 2.28. The fourth-order valence-corrected chi connectivity index (χ4v) is 2.92. The van der Waals surface area contributed by atoms with Gasteiger partial charge in [-0.05, 0) is 38.5 Å². The predicted molar refractivity (Wildman–Crippen MR) is 81.0 cm³/mol. The number of morpholine rings is 1. The number of benzene rings is 1. The highest BCUT2D eigenvalue weighted by molar-refractivity contribution is 5.29. The first-order chi connectivity index (χ1) is 9.45. The number of methoxy groups -OCH3 is 1. The summed E-state index contributed by atoms with van der Waals surface area (Å²) in [6, 6.07) is 8.28. The quantitative estimate of drug-likeness (QED) is 0.917. The summed E-state index contributed by atoms with van der Waals surface area (Å²) in [5.74, 6) is 0.861. The van der Waals surface area contributed by atoms with E-state index in [2.05, 4.69) is 25.7 Å². The molecule has 112 valence electrons. The van der Waals surface area contributed by atoms with Gasteiger partial charge < -0.3 is 15.2 Å². The lowest BCUT2D eigenvalue weighted by molar-refractivity contribution is -0.0730. The van der Waals surface area contributed by atoms with Gasteiger partial charge in [0, 0.05) is 24.2 Å². The summed E-state index contributed by atoms with van der Waals surface area (Å²) in [4.78, 5) is 2.45. The number of rotatable bonds is 4. The van der Waals surface area contributed by atoms with E-state index in [-0.39, 0.29) is 17.6 Å². The van der Waals surface area contributed by atoms with Gasteiger partial charge in [0.15, 0.2) is 0 Å². The maximum Gasteiger partial charge on any atom is 0.118 e. The van der Waals surface area contributed by atoms with Crippen molar-refractivity contribution in [1.82, 2.24) is 4.90 Å². The summed E-state index contributed by atoms with van der Waals surface area (Å²) in [7, 11) is 1.67. The Kier molecular flexibility index (Phi) is 4.68. The normalized spacial score (nSPS) is 22.2. The van der Waals surface area contributed by atoms with Gasteiger partial charge in [0.1, 0.15) is 5.75 Å². The van der Waals surface area contributed by atoms with Crippen molar-refractivity contribution >= 4 is 0 Å². The van der Waals surface area contributed by atoms with E-state index >= 15 is 0 Å². The summed E-state index contributed by atoms with van der Waals surface area (Å²) in [6.07, 6.45) is 0. The maximum absolute atomic E-state index is 6.46. The third kappa shape index (κ3) is 3.14. The van der Waals surface area contributed by atoms with Crippen LogP contribution in [0.3, 0.4) is 0 Å². The Morgan fingerprint density at radius 3 is 2.50 bits per heavy atom. The number of hydrogen-bond acceptors (Lipinski definition) is 4. The topological polar surface area (TPSA) is 47.7 Å². The minimum absolute atomic E-state index is 0.0155. The molecule has 0 spiro atoms. The summed E-state index contributed by atoms with van der Waals surface area (Å²) in [5.41, 5.74) is 7.63. The van der Waals surface area contributed by atoms with Crippen molar-refractivity contribution in [2.45, 2.75) is 38.4 Å². The highest BCUT2D eigenvalue weighted by atomic mass is 16.5. The molecule has 1 aromatic rings. The van der Waals surface area contributed by atoms with Crippen LogP contribution in [0.2, 0.25) is 0 Å². The van der Waals surface area contributed by atoms with E-state index < -0.39 is 0 Å². The van der Waals surface area contributed by atoms with Crippen LogP contribution in [0.5, 0.6) is 5.75 Å². The number of ether oxygens (including phenoxy) is 2. The molecule has 1 heterocycles. The van der Waals surface area contributed by atoms with Crippen molar-refractivity contribution in [2.24, 2.45) is 5.73 Å². The van der Waals surface area contributed by atoms with E-state index in [0.29, 0.717) is 0 Å². The Hall–Kier alpha value is -1.10. The van der Waals surface area contributed by atoms with Crippen LogP contribution < -0.4 is 10.5 Å². The third-order valence-electron chi connectivity index (χ3n) is 4.22. The Morgan fingerprint density at radius 2 is 1.95 bits per heavy atom. The molecular formula is C16H26N2O2. The number of hydrogen-bond donors (Lipinski definition) is 1. The van der Waals surface area contributed by atoms with E-state index in [4.69, 9.17) is 15.2 Å². The monoisotopic (exact) mass is 278 g/mol. The van der Waals surface area contributed by atoms with Gasteiger partial charge in [-0.2, -0.15) is 0 Å². The van der Waals surface area contributed by atoms with E-state index in [1.807, 2.05) is 24.3 Å². The van der Waals surface area contributed by atoms with E-state index in [1.54, 1.807) is 7.11 Å².